The Morgan fingerprint density at radius 3 is 1.91 bits per heavy atom. The first kappa shape index (κ1) is 11.0. The third-order valence-corrected chi connectivity index (χ3v) is 2.25. The van der Waals surface area contributed by atoms with E-state index in [-0.39, 0.29) is 6.10 Å². The van der Waals surface area contributed by atoms with Gasteiger partial charge in [0.05, 0.1) is 6.10 Å². The average molecular weight is 158 g/mol. The molecule has 1 heteroatoms. The Kier molecular flexibility index (Phi) is 5.57. The summed E-state index contributed by atoms with van der Waals surface area (Å²) in [7, 11) is 0. The smallest absolute Gasteiger partial charge is 0.0514 e. The highest BCUT2D eigenvalue weighted by Crippen LogP contribution is 2.18. The second kappa shape index (κ2) is 5.59. The molecule has 0 aromatic carbocycles. The Balaban J connectivity index is 3.43. The van der Waals surface area contributed by atoms with Gasteiger partial charge in [0.1, 0.15) is 0 Å². The molecule has 0 saturated heterocycles. The van der Waals surface area contributed by atoms with Crippen molar-refractivity contribution in [2.75, 3.05) is 0 Å². The molecule has 0 saturated carbocycles. The van der Waals surface area contributed by atoms with E-state index in [1.165, 1.54) is 12.8 Å². The van der Waals surface area contributed by atoms with Crippen molar-refractivity contribution in [2.24, 2.45) is 11.8 Å². The van der Waals surface area contributed by atoms with Crippen molar-refractivity contribution >= 4 is 0 Å². The van der Waals surface area contributed by atoms with Gasteiger partial charge in [-0.3, -0.25) is 0 Å². The Morgan fingerprint density at radius 1 is 1.00 bits per heavy atom. The van der Waals surface area contributed by atoms with Gasteiger partial charge in [-0.2, -0.15) is 0 Å². The van der Waals surface area contributed by atoms with Gasteiger partial charge in [-0.1, -0.05) is 27.2 Å². The van der Waals surface area contributed by atoms with Crippen LogP contribution in [0.3, 0.4) is 0 Å². The molecule has 0 aromatic rings. The zero-order chi connectivity index (χ0) is 8.85. The molecule has 0 aliphatic carbocycles. The first-order chi connectivity index (χ1) is 5.06. The predicted octanol–water partition coefficient (Wildman–Crippen LogP) is 2.83. The van der Waals surface area contributed by atoms with E-state index in [4.69, 9.17) is 5.11 Å². The van der Waals surface area contributed by atoms with Crippen LogP contribution >= 0.6 is 0 Å². The van der Waals surface area contributed by atoms with Gasteiger partial charge in [0.15, 0.2) is 0 Å². The van der Waals surface area contributed by atoms with Crippen LogP contribution in [0.2, 0.25) is 0 Å². The molecule has 3 atom stereocenters. The molecule has 0 spiro atoms. The molecule has 0 bridgehead atoms. The molecule has 68 valence electrons. The molecular formula is C10H22O. The maximum absolute atomic E-state index is 9.11. The summed E-state index contributed by atoms with van der Waals surface area (Å²) in [6, 6.07) is 0. The molecule has 0 amide bonds. The van der Waals surface area contributed by atoms with Gasteiger partial charge in [-0.15, -0.1) is 0 Å². The van der Waals surface area contributed by atoms with Crippen LogP contribution in [-0.2, 0) is 0 Å². The summed E-state index contributed by atoms with van der Waals surface area (Å²) in [5.74, 6) is 1.48. The van der Waals surface area contributed by atoms with Crippen molar-refractivity contribution in [2.45, 2.75) is 53.1 Å². The van der Waals surface area contributed by atoms with Crippen molar-refractivity contribution in [3.05, 3.63) is 0 Å². The van der Waals surface area contributed by atoms with Gasteiger partial charge in [0, 0.05) is 0 Å². The number of rotatable bonds is 5. The van der Waals surface area contributed by atoms with Crippen LogP contribution in [0.1, 0.15) is 47.0 Å². The van der Waals surface area contributed by atoms with Crippen molar-refractivity contribution in [1.82, 2.24) is 0 Å². The van der Waals surface area contributed by atoms with Crippen LogP contribution < -0.4 is 0 Å². The second-order valence-corrected chi connectivity index (χ2v) is 3.94. The molecule has 3 unspecified atom stereocenters. The summed E-state index contributed by atoms with van der Waals surface area (Å²) in [5, 5.41) is 9.11. The van der Waals surface area contributed by atoms with Crippen LogP contribution in [0.25, 0.3) is 0 Å². The molecule has 0 fully saturated rings. The van der Waals surface area contributed by atoms with Crippen LogP contribution in [0, 0.1) is 11.8 Å². The van der Waals surface area contributed by atoms with E-state index in [1.807, 2.05) is 6.92 Å². The summed E-state index contributed by atoms with van der Waals surface area (Å²) in [6.45, 7) is 8.59. The number of aliphatic hydroxyl groups is 1. The summed E-state index contributed by atoms with van der Waals surface area (Å²) < 4.78 is 0. The molecule has 1 nitrogen and oxygen atoms in total. The SMILES string of the molecule is CCC(C)CC(C)CC(C)O. The number of hydrogen-bond donors (Lipinski definition) is 1. The lowest BCUT2D eigenvalue weighted by atomic mass is 9.92. The highest BCUT2D eigenvalue weighted by molar-refractivity contribution is 4.60. The molecule has 0 radical (unpaired) electrons. The van der Waals surface area contributed by atoms with Crippen molar-refractivity contribution in [3.63, 3.8) is 0 Å². The summed E-state index contributed by atoms with van der Waals surface area (Å²) in [5.41, 5.74) is 0. The topological polar surface area (TPSA) is 20.2 Å². The van der Waals surface area contributed by atoms with Crippen molar-refractivity contribution in [1.29, 1.82) is 0 Å². The summed E-state index contributed by atoms with van der Waals surface area (Å²) in [4.78, 5) is 0. The lowest BCUT2D eigenvalue weighted by Gasteiger charge is -2.16. The van der Waals surface area contributed by atoms with E-state index in [1.54, 1.807) is 0 Å². The quantitative estimate of drug-likeness (QED) is 0.652. The van der Waals surface area contributed by atoms with E-state index in [2.05, 4.69) is 20.8 Å². The molecule has 1 N–H and O–H groups in total. The molecule has 0 aromatic heterocycles. The fourth-order valence-electron chi connectivity index (χ4n) is 1.53. The Morgan fingerprint density at radius 2 is 1.55 bits per heavy atom. The Labute approximate surface area is 70.8 Å². The molecule has 11 heavy (non-hydrogen) atoms. The molecule has 0 aliphatic heterocycles. The van der Waals surface area contributed by atoms with E-state index in [9.17, 15) is 0 Å². The summed E-state index contributed by atoms with van der Waals surface area (Å²) >= 11 is 0. The predicted molar refractivity (Wildman–Crippen MR) is 49.5 cm³/mol. The van der Waals surface area contributed by atoms with Crippen LogP contribution in [0.4, 0.5) is 0 Å². The number of aliphatic hydroxyl groups excluding tert-OH is 1. The van der Waals surface area contributed by atoms with E-state index < -0.39 is 0 Å². The maximum Gasteiger partial charge on any atom is 0.0514 e. The van der Waals surface area contributed by atoms with Gasteiger partial charge < -0.3 is 5.11 Å². The minimum absolute atomic E-state index is 0.131. The third-order valence-electron chi connectivity index (χ3n) is 2.25. The maximum atomic E-state index is 9.11. The van der Waals surface area contributed by atoms with Crippen molar-refractivity contribution < 1.29 is 5.11 Å². The van der Waals surface area contributed by atoms with Crippen LogP contribution in [0.5, 0.6) is 0 Å². The molecule has 0 aliphatic rings. The largest absolute Gasteiger partial charge is 0.393 e. The minimum Gasteiger partial charge on any atom is -0.393 e. The lowest BCUT2D eigenvalue weighted by Crippen LogP contribution is -2.09. The third kappa shape index (κ3) is 6.36. The zero-order valence-corrected chi connectivity index (χ0v) is 8.30. The normalized spacial score (nSPS) is 19.4. The fourth-order valence-corrected chi connectivity index (χ4v) is 1.53. The highest BCUT2D eigenvalue weighted by Gasteiger charge is 2.09. The van der Waals surface area contributed by atoms with Gasteiger partial charge in [0.2, 0.25) is 0 Å². The van der Waals surface area contributed by atoms with Gasteiger partial charge in [-0.05, 0) is 31.6 Å². The van der Waals surface area contributed by atoms with E-state index in [0.717, 1.165) is 12.3 Å². The summed E-state index contributed by atoms with van der Waals surface area (Å²) in [6.07, 6.45) is 3.32. The fraction of sp³-hybridized carbons (Fsp3) is 1.00. The molecule has 0 rings (SSSR count). The van der Waals surface area contributed by atoms with Crippen LogP contribution in [-0.4, -0.2) is 11.2 Å². The minimum atomic E-state index is -0.131. The zero-order valence-electron chi connectivity index (χ0n) is 8.30. The first-order valence-electron chi connectivity index (χ1n) is 4.74. The Bertz CT molecular complexity index is 88.9. The molecular weight excluding hydrogens is 136 g/mol. The van der Waals surface area contributed by atoms with Gasteiger partial charge >= 0.3 is 0 Å². The highest BCUT2D eigenvalue weighted by atomic mass is 16.3. The second-order valence-electron chi connectivity index (χ2n) is 3.94. The molecule has 0 heterocycles. The monoisotopic (exact) mass is 158 g/mol. The van der Waals surface area contributed by atoms with Gasteiger partial charge in [0.25, 0.3) is 0 Å². The van der Waals surface area contributed by atoms with Crippen molar-refractivity contribution in [3.8, 4) is 0 Å². The first-order valence-corrected chi connectivity index (χ1v) is 4.74. The Hall–Kier alpha value is -0.0400. The standard InChI is InChI=1S/C10H22O/c1-5-8(2)6-9(3)7-10(4)11/h8-11H,5-7H2,1-4H3. The average Bonchev–Trinajstić information content (AvgIpc) is 1.85. The van der Waals surface area contributed by atoms with Gasteiger partial charge in [-0.25, -0.2) is 0 Å². The number of hydrogen-bond acceptors (Lipinski definition) is 1. The van der Waals surface area contributed by atoms with E-state index in [0.29, 0.717) is 5.92 Å². The lowest BCUT2D eigenvalue weighted by molar-refractivity contribution is 0.157. The van der Waals surface area contributed by atoms with E-state index >= 15 is 0 Å². The van der Waals surface area contributed by atoms with Crippen LogP contribution in [0.15, 0.2) is 0 Å².